The van der Waals surface area contributed by atoms with Crippen molar-refractivity contribution in [1.82, 2.24) is 0 Å². The molecule has 2 rings (SSSR count). The summed E-state index contributed by atoms with van der Waals surface area (Å²) in [7, 11) is 0. The molecular formula is C15H17Cl2N. The van der Waals surface area contributed by atoms with Crippen LogP contribution in [0.1, 0.15) is 16.7 Å². The highest BCUT2D eigenvalue weighted by Crippen LogP contribution is 2.26. The zero-order chi connectivity index (χ0) is 12.4. The molecule has 2 N–H and O–H groups in total. The fraction of sp³-hybridized carbons (Fsp3) is 0.200. The van der Waals surface area contributed by atoms with Crippen LogP contribution in [0.5, 0.6) is 0 Å². The van der Waals surface area contributed by atoms with E-state index < -0.39 is 0 Å². The summed E-state index contributed by atoms with van der Waals surface area (Å²) in [4.78, 5) is 0. The Labute approximate surface area is 119 Å². The van der Waals surface area contributed by atoms with Gasteiger partial charge < -0.3 is 5.73 Å². The molecule has 0 bridgehead atoms. The molecule has 0 unspecified atom stereocenters. The van der Waals surface area contributed by atoms with Crippen LogP contribution in [0.2, 0.25) is 5.02 Å². The van der Waals surface area contributed by atoms with E-state index in [4.69, 9.17) is 17.3 Å². The molecule has 18 heavy (non-hydrogen) atoms. The topological polar surface area (TPSA) is 26.0 Å². The first-order valence-electron chi connectivity index (χ1n) is 5.68. The molecule has 0 aromatic heterocycles. The van der Waals surface area contributed by atoms with Gasteiger partial charge in [-0.2, -0.15) is 0 Å². The highest BCUT2D eigenvalue weighted by Gasteiger charge is 2.05. The minimum Gasteiger partial charge on any atom is -0.326 e. The third kappa shape index (κ3) is 3.05. The minimum atomic E-state index is 0. The molecule has 0 aliphatic carbocycles. The molecule has 0 saturated carbocycles. The summed E-state index contributed by atoms with van der Waals surface area (Å²) < 4.78 is 0. The molecule has 0 aliphatic heterocycles. The zero-order valence-corrected chi connectivity index (χ0v) is 12.1. The molecule has 0 amide bonds. The van der Waals surface area contributed by atoms with Crippen molar-refractivity contribution in [3.63, 3.8) is 0 Å². The maximum Gasteiger partial charge on any atom is 0.0412 e. The Morgan fingerprint density at radius 3 is 2.11 bits per heavy atom. The first kappa shape index (κ1) is 15.0. The summed E-state index contributed by atoms with van der Waals surface area (Å²) in [5, 5.41) is 0.765. The van der Waals surface area contributed by atoms with Gasteiger partial charge in [-0.3, -0.25) is 0 Å². The first-order chi connectivity index (χ1) is 8.11. The summed E-state index contributed by atoms with van der Waals surface area (Å²) in [6.45, 7) is 4.79. The summed E-state index contributed by atoms with van der Waals surface area (Å²) in [6.07, 6.45) is 0. The van der Waals surface area contributed by atoms with E-state index in [1.54, 1.807) is 0 Å². The number of hydrogen-bond donors (Lipinski definition) is 1. The van der Waals surface area contributed by atoms with Crippen molar-refractivity contribution in [1.29, 1.82) is 0 Å². The van der Waals surface area contributed by atoms with E-state index in [0.29, 0.717) is 6.54 Å². The smallest absolute Gasteiger partial charge is 0.0412 e. The van der Waals surface area contributed by atoms with Crippen LogP contribution in [0.3, 0.4) is 0 Å². The number of benzene rings is 2. The average molecular weight is 282 g/mol. The molecular weight excluding hydrogens is 265 g/mol. The van der Waals surface area contributed by atoms with Crippen LogP contribution in [0.15, 0.2) is 36.4 Å². The van der Waals surface area contributed by atoms with E-state index in [1.165, 1.54) is 22.3 Å². The molecule has 2 aromatic rings. The van der Waals surface area contributed by atoms with E-state index in [0.717, 1.165) is 10.6 Å². The van der Waals surface area contributed by atoms with Crippen molar-refractivity contribution in [2.75, 3.05) is 0 Å². The van der Waals surface area contributed by atoms with Gasteiger partial charge in [-0.25, -0.2) is 0 Å². The predicted octanol–water partition coefficient (Wildman–Crippen LogP) is 4.50. The maximum absolute atomic E-state index is 6.01. The van der Waals surface area contributed by atoms with E-state index in [9.17, 15) is 0 Å². The summed E-state index contributed by atoms with van der Waals surface area (Å²) >= 11 is 6.01. The quantitative estimate of drug-likeness (QED) is 0.862. The molecule has 0 aliphatic rings. The highest BCUT2D eigenvalue weighted by atomic mass is 35.5. The van der Waals surface area contributed by atoms with E-state index in [-0.39, 0.29) is 12.4 Å². The van der Waals surface area contributed by atoms with Gasteiger partial charge in [0.2, 0.25) is 0 Å². The first-order valence-corrected chi connectivity index (χ1v) is 6.05. The van der Waals surface area contributed by atoms with E-state index in [1.807, 2.05) is 18.2 Å². The second-order valence-corrected chi connectivity index (χ2v) is 4.74. The lowest BCUT2D eigenvalue weighted by molar-refractivity contribution is 1.03. The summed E-state index contributed by atoms with van der Waals surface area (Å²) in [5.74, 6) is 0. The Morgan fingerprint density at radius 2 is 1.61 bits per heavy atom. The van der Waals surface area contributed by atoms with Crippen LogP contribution in [0, 0.1) is 13.8 Å². The normalized spacial score (nSPS) is 10.0. The van der Waals surface area contributed by atoms with Crippen LogP contribution in [0.25, 0.3) is 11.1 Å². The van der Waals surface area contributed by atoms with Crippen molar-refractivity contribution < 1.29 is 0 Å². The number of nitrogens with two attached hydrogens (primary N) is 1. The van der Waals surface area contributed by atoms with Gasteiger partial charge in [-0.15, -0.1) is 12.4 Å². The van der Waals surface area contributed by atoms with Crippen molar-refractivity contribution in [3.05, 3.63) is 58.1 Å². The number of hydrogen-bond acceptors (Lipinski definition) is 1. The van der Waals surface area contributed by atoms with Crippen LogP contribution < -0.4 is 5.73 Å². The average Bonchev–Trinajstić information content (AvgIpc) is 2.28. The van der Waals surface area contributed by atoms with Crippen molar-refractivity contribution in [3.8, 4) is 11.1 Å². The molecule has 96 valence electrons. The molecule has 0 heterocycles. The van der Waals surface area contributed by atoms with Gasteiger partial charge in [-0.1, -0.05) is 35.9 Å². The van der Waals surface area contributed by atoms with Crippen LogP contribution in [0.4, 0.5) is 0 Å². The van der Waals surface area contributed by atoms with E-state index >= 15 is 0 Å². The lowest BCUT2D eigenvalue weighted by Crippen LogP contribution is -2.02. The van der Waals surface area contributed by atoms with Gasteiger partial charge in [0.15, 0.2) is 0 Å². The Kier molecular flexibility index (Phi) is 5.21. The third-order valence-corrected chi connectivity index (χ3v) is 3.29. The molecule has 0 atom stereocenters. The van der Waals surface area contributed by atoms with Gasteiger partial charge in [0.05, 0.1) is 0 Å². The number of halogens is 2. The molecule has 0 fully saturated rings. The lowest BCUT2D eigenvalue weighted by atomic mass is 9.96. The fourth-order valence-electron chi connectivity index (χ4n) is 2.15. The van der Waals surface area contributed by atoms with Gasteiger partial charge in [0.1, 0.15) is 0 Å². The van der Waals surface area contributed by atoms with Crippen LogP contribution >= 0.6 is 24.0 Å². The molecule has 0 radical (unpaired) electrons. The van der Waals surface area contributed by atoms with Gasteiger partial charge in [0, 0.05) is 11.6 Å². The standard InChI is InChI=1S/C15H16ClN.ClH/c1-10-6-13(7-11(2)15(10)9-17)12-4-3-5-14(16)8-12;/h3-8H,9,17H2,1-2H3;1H. The summed E-state index contributed by atoms with van der Waals surface area (Å²) in [6, 6.07) is 12.3. The van der Waals surface area contributed by atoms with Gasteiger partial charge in [0.25, 0.3) is 0 Å². The van der Waals surface area contributed by atoms with E-state index in [2.05, 4.69) is 32.0 Å². The van der Waals surface area contributed by atoms with Gasteiger partial charge >= 0.3 is 0 Å². The lowest BCUT2D eigenvalue weighted by Gasteiger charge is -2.11. The monoisotopic (exact) mass is 281 g/mol. The second-order valence-electron chi connectivity index (χ2n) is 4.30. The van der Waals surface area contributed by atoms with Crippen molar-refractivity contribution >= 4 is 24.0 Å². The Morgan fingerprint density at radius 1 is 1.00 bits per heavy atom. The Bertz CT molecular complexity index is 527. The minimum absolute atomic E-state index is 0. The SMILES string of the molecule is Cc1cc(-c2cccc(Cl)c2)cc(C)c1CN.Cl. The highest BCUT2D eigenvalue weighted by molar-refractivity contribution is 6.30. The largest absolute Gasteiger partial charge is 0.326 e. The zero-order valence-electron chi connectivity index (χ0n) is 10.5. The molecule has 0 spiro atoms. The molecule has 2 aromatic carbocycles. The Hall–Kier alpha value is -1.02. The third-order valence-electron chi connectivity index (χ3n) is 3.06. The Balaban J connectivity index is 0.00000162. The van der Waals surface area contributed by atoms with Crippen molar-refractivity contribution in [2.24, 2.45) is 5.73 Å². The predicted molar refractivity (Wildman–Crippen MR) is 81.5 cm³/mol. The summed E-state index contributed by atoms with van der Waals surface area (Å²) in [5.41, 5.74) is 11.8. The van der Waals surface area contributed by atoms with Gasteiger partial charge in [-0.05, 0) is 53.8 Å². The molecule has 0 saturated heterocycles. The number of aryl methyl sites for hydroxylation is 2. The molecule has 3 heteroatoms. The fourth-order valence-corrected chi connectivity index (χ4v) is 2.34. The number of rotatable bonds is 2. The van der Waals surface area contributed by atoms with Crippen molar-refractivity contribution in [2.45, 2.75) is 20.4 Å². The maximum atomic E-state index is 6.01. The second kappa shape index (κ2) is 6.24. The van der Waals surface area contributed by atoms with Crippen LogP contribution in [-0.2, 0) is 6.54 Å². The van der Waals surface area contributed by atoms with Crippen LogP contribution in [-0.4, -0.2) is 0 Å². The molecule has 1 nitrogen and oxygen atoms in total.